The average molecular weight is 571 g/mol. The van der Waals surface area contributed by atoms with Gasteiger partial charge in [-0.15, -0.1) is 0 Å². The Kier molecular flexibility index (Phi) is 8.92. The molecule has 0 spiro atoms. The third-order valence-corrected chi connectivity index (χ3v) is 7.49. The fourth-order valence-corrected chi connectivity index (χ4v) is 4.87. The lowest BCUT2D eigenvalue weighted by Gasteiger charge is -2.32. The van der Waals surface area contributed by atoms with E-state index in [1.165, 1.54) is 12.3 Å². The second-order valence-corrected chi connectivity index (χ2v) is 10.1. The molecule has 3 heterocycles. The van der Waals surface area contributed by atoms with E-state index in [4.69, 9.17) is 58.0 Å². The molecule has 1 N–H and O–H groups in total. The van der Waals surface area contributed by atoms with Crippen molar-refractivity contribution in [2.75, 3.05) is 25.0 Å². The maximum Gasteiger partial charge on any atom is 0.255 e. The number of nitrogens with zero attached hydrogens (tertiary/aromatic N) is 3. The SMILES string of the molecule is O=C(Nc1c(C2CCN(CC=Cc3ccc(Cl)cc3)CC2)nc(Cl)c(Cl)c1Cl)c1ccnc(Cl)c1. The van der Waals surface area contributed by atoms with Crippen LogP contribution in [0.1, 0.15) is 40.4 Å². The number of anilines is 1. The van der Waals surface area contributed by atoms with Crippen LogP contribution < -0.4 is 5.32 Å². The lowest BCUT2D eigenvalue weighted by Crippen LogP contribution is -2.33. The van der Waals surface area contributed by atoms with Gasteiger partial charge < -0.3 is 5.32 Å². The van der Waals surface area contributed by atoms with Crippen molar-refractivity contribution in [2.45, 2.75) is 18.8 Å². The Bertz CT molecular complexity index is 1240. The molecule has 0 saturated carbocycles. The van der Waals surface area contributed by atoms with Crippen molar-refractivity contribution in [2.24, 2.45) is 0 Å². The number of hydrogen-bond acceptors (Lipinski definition) is 4. The van der Waals surface area contributed by atoms with Crippen LogP contribution in [0.2, 0.25) is 25.4 Å². The van der Waals surface area contributed by atoms with Crippen LogP contribution in [0.5, 0.6) is 0 Å². The van der Waals surface area contributed by atoms with Crippen LogP contribution in [0.15, 0.2) is 48.7 Å². The second kappa shape index (κ2) is 11.9. The van der Waals surface area contributed by atoms with Crippen LogP contribution in [0.3, 0.4) is 0 Å². The number of halogens is 5. The lowest BCUT2D eigenvalue weighted by molar-refractivity contribution is 0.102. The number of rotatable bonds is 6. The highest BCUT2D eigenvalue weighted by Crippen LogP contribution is 2.42. The largest absolute Gasteiger partial charge is 0.319 e. The summed E-state index contributed by atoms with van der Waals surface area (Å²) in [5.74, 6) is -0.322. The minimum atomic E-state index is -0.387. The van der Waals surface area contributed by atoms with E-state index in [9.17, 15) is 4.79 Å². The van der Waals surface area contributed by atoms with Gasteiger partial charge in [0, 0.05) is 29.2 Å². The molecule has 3 aromatic rings. The van der Waals surface area contributed by atoms with E-state index in [0.717, 1.165) is 43.1 Å². The molecule has 1 aromatic carbocycles. The Hall–Kier alpha value is -1.86. The van der Waals surface area contributed by atoms with Gasteiger partial charge in [0.1, 0.15) is 10.3 Å². The number of carbonyl (C=O) groups is 1. The Morgan fingerprint density at radius 2 is 1.74 bits per heavy atom. The number of benzene rings is 1. The summed E-state index contributed by atoms with van der Waals surface area (Å²) in [5, 5.41) is 4.18. The minimum Gasteiger partial charge on any atom is -0.319 e. The van der Waals surface area contributed by atoms with Crippen LogP contribution in [0.4, 0.5) is 5.69 Å². The topological polar surface area (TPSA) is 58.1 Å². The molecule has 1 aliphatic heterocycles. The first-order chi connectivity index (χ1) is 16.8. The summed E-state index contributed by atoms with van der Waals surface area (Å²) in [4.78, 5) is 23.6. The summed E-state index contributed by atoms with van der Waals surface area (Å²) < 4.78 is 0. The van der Waals surface area contributed by atoms with Gasteiger partial charge in [0.2, 0.25) is 0 Å². The molecule has 0 radical (unpaired) electrons. The standard InChI is InChI=1S/C25H21Cl5N4O/c26-18-5-3-15(4-6-18)2-1-11-34-12-8-16(9-13-34)22-23(20(28)21(29)24(30)32-22)33-25(35)17-7-10-31-19(27)14-17/h1-7,10,14,16H,8-9,11-13H2,(H,33,35). The third-order valence-electron chi connectivity index (χ3n) is 5.81. The highest BCUT2D eigenvalue weighted by atomic mass is 35.5. The molecule has 0 atom stereocenters. The average Bonchev–Trinajstić information content (AvgIpc) is 2.86. The van der Waals surface area contributed by atoms with Gasteiger partial charge in [0.25, 0.3) is 5.91 Å². The molecule has 5 nitrogen and oxygen atoms in total. The van der Waals surface area contributed by atoms with E-state index < -0.39 is 0 Å². The Morgan fingerprint density at radius 3 is 2.43 bits per heavy atom. The highest BCUT2D eigenvalue weighted by Gasteiger charge is 2.28. The molecule has 1 saturated heterocycles. The fourth-order valence-electron chi connectivity index (χ4n) is 3.97. The number of piperidine rings is 1. The van der Waals surface area contributed by atoms with E-state index in [1.807, 2.05) is 24.3 Å². The summed E-state index contributed by atoms with van der Waals surface area (Å²) in [7, 11) is 0. The van der Waals surface area contributed by atoms with E-state index in [-0.39, 0.29) is 32.2 Å². The van der Waals surface area contributed by atoms with E-state index in [0.29, 0.717) is 16.9 Å². The summed E-state index contributed by atoms with van der Waals surface area (Å²) in [5.41, 5.74) is 2.46. The first kappa shape index (κ1) is 26.2. The Labute approximate surface area is 229 Å². The monoisotopic (exact) mass is 568 g/mol. The zero-order chi connectivity index (χ0) is 24.9. The summed E-state index contributed by atoms with van der Waals surface area (Å²) in [6, 6.07) is 10.8. The number of amides is 1. The molecule has 35 heavy (non-hydrogen) atoms. The van der Waals surface area contributed by atoms with Crippen molar-refractivity contribution < 1.29 is 4.79 Å². The maximum absolute atomic E-state index is 12.9. The van der Waals surface area contributed by atoms with Crippen molar-refractivity contribution in [1.82, 2.24) is 14.9 Å². The van der Waals surface area contributed by atoms with Crippen molar-refractivity contribution in [3.63, 3.8) is 0 Å². The van der Waals surface area contributed by atoms with Crippen molar-refractivity contribution in [3.05, 3.63) is 90.9 Å². The second-order valence-electron chi connectivity index (χ2n) is 8.14. The highest BCUT2D eigenvalue weighted by molar-refractivity contribution is 6.49. The van der Waals surface area contributed by atoms with E-state index in [1.54, 1.807) is 6.07 Å². The molecule has 10 heteroatoms. The van der Waals surface area contributed by atoms with Gasteiger partial charge in [0.15, 0.2) is 0 Å². The zero-order valence-corrected chi connectivity index (χ0v) is 22.2. The predicted octanol–water partition coefficient (Wildman–Crippen LogP) is 7.89. The predicted molar refractivity (Wildman–Crippen MR) is 145 cm³/mol. The molecular weight excluding hydrogens is 550 g/mol. The van der Waals surface area contributed by atoms with Gasteiger partial charge in [-0.25, -0.2) is 9.97 Å². The van der Waals surface area contributed by atoms with Gasteiger partial charge in [-0.2, -0.15) is 0 Å². The number of likely N-dealkylation sites (tertiary alicyclic amines) is 1. The van der Waals surface area contributed by atoms with E-state index >= 15 is 0 Å². The Balaban J connectivity index is 1.46. The maximum atomic E-state index is 12.9. The lowest BCUT2D eigenvalue weighted by atomic mass is 9.92. The third kappa shape index (κ3) is 6.67. The van der Waals surface area contributed by atoms with Gasteiger partial charge >= 0.3 is 0 Å². The number of carbonyl (C=O) groups excluding carboxylic acids is 1. The van der Waals surface area contributed by atoms with Gasteiger partial charge in [-0.3, -0.25) is 9.69 Å². The van der Waals surface area contributed by atoms with Crippen LogP contribution in [-0.4, -0.2) is 40.4 Å². The summed E-state index contributed by atoms with van der Waals surface area (Å²) in [6.45, 7) is 2.56. The molecule has 2 aromatic heterocycles. The molecule has 182 valence electrons. The first-order valence-electron chi connectivity index (χ1n) is 10.9. The normalized spacial score (nSPS) is 15.0. The number of nitrogens with one attached hydrogen (secondary N) is 1. The number of pyridine rings is 2. The molecule has 1 fully saturated rings. The van der Waals surface area contributed by atoms with Crippen molar-refractivity contribution in [1.29, 1.82) is 0 Å². The molecular formula is C25H21Cl5N4O. The number of hydrogen-bond donors (Lipinski definition) is 1. The quantitative estimate of drug-likeness (QED) is 0.306. The molecule has 0 aliphatic carbocycles. The fraction of sp³-hybridized carbons (Fsp3) is 0.240. The molecule has 0 unspecified atom stereocenters. The van der Waals surface area contributed by atoms with Crippen molar-refractivity contribution >= 4 is 75.7 Å². The number of aromatic nitrogens is 2. The van der Waals surface area contributed by atoms with Crippen molar-refractivity contribution in [3.8, 4) is 0 Å². The van der Waals surface area contributed by atoms with Crippen LogP contribution in [0.25, 0.3) is 6.08 Å². The minimum absolute atomic E-state index is 0.0649. The molecule has 1 amide bonds. The van der Waals surface area contributed by atoms with Crippen LogP contribution >= 0.6 is 58.0 Å². The van der Waals surface area contributed by atoms with Gasteiger partial charge in [-0.1, -0.05) is 82.3 Å². The Morgan fingerprint density at radius 1 is 1.03 bits per heavy atom. The summed E-state index contributed by atoms with van der Waals surface area (Å²) >= 11 is 30.9. The smallest absolute Gasteiger partial charge is 0.255 e. The molecule has 0 bridgehead atoms. The molecule has 1 aliphatic rings. The first-order valence-corrected chi connectivity index (χ1v) is 12.8. The van der Waals surface area contributed by atoms with Gasteiger partial charge in [0.05, 0.1) is 21.4 Å². The zero-order valence-electron chi connectivity index (χ0n) is 18.4. The van der Waals surface area contributed by atoms with Crippen LogP contribution in [0, 0.1) is 0 Å². The van der Waals surface area contributed by atoms with Crippen LogP contribution in [-0.2, 0) is 0 Å². The molecule has 4 rings (SSSR count). The van der Waals surface area contributed by atoms with Gasteiger partial charge in [-0.05, 0) is 55.8 Å². The summed E-state index contributed by atoms with van der Waals surface area (Å²) in [6.07, 6.45) is 7.36. The van der Waals surface area contributed by atoms with E-state index in [2.05, 4.69) is 32.3 Å².